The van der Waals surface area contributed by atoms with Crippen molar-refractivity contribution in [2.24, 2.45) is 0 Å². The minimum atomic E-state index is -0.691. The van der Waals surface area contributed by atoms with Crippen LogP contribution < -0.4 is 11.1 Å². The average molecular weight is 229 g/mol. The quantitative estimate of drug-likeness (QED) is 0.408. The molecule has 1 rings (SSSR count). The van der Waals surface area contributed by atoms with E-state index in [2.05, 4.69) is 5.32 Å². The molecular formula is C9H12FN3O3. The van der Waals surface area contributed by atoms with Gasteiger partial charge in [0.2, 0.25) is 0 Å². The van der Waals surface area contributed by atoms with Crippen LogP contribution in [-0.2, 0) is 0 Å². The lowest BCUT2D eigenvalue weighted by molar-refractivity contribution is -0.383. The number of hydrogen-bond acceptors (Lipinski definition) is 5. The molecule has 1 unspecified atom stereocenters. The lowest BCUT2D eigenvalue weighted by Gasteiger charge is -2.13. The number of nitrogens with two attached hydrogens (primary N) is 1. The van der Waals surface area contributed by atoms with Crippen molar-refractivity contribution < 1.29 is 14.4 Å². The Bertz CT molecular complexity index is 411. The smallest absolute Gasteiger partial charge is 0.294 e. The van der Waals surface area contributed by atoms with Crippen LogP contribution in [0.4, 0.5) is 21.5 Å². The highest BCUT2D eigenvalue weighted by Crippen LogP contribution is 2.28. The molecule has 88 valence electrons. The van der Waals surface area contributed by atoms with Gasteiger partial charge in [-0.2, -0.15) is 0 Å². The predicted molar refractivity (Wildman–Crippen MR) is 57.6 cm³/mol. The van der Waals surface area contributed by atoms with E-state index in [1.807, 2.05) is 0 Å². The summed E-state index contributed by atoms with van der Waals surface area (Å²) in [5.74, 6) is -0.691. The van der Waals surface area contributed by atoms with Gasteiger partial charge in [0.15, 0.2) is 0 Å². The predicted octanol–water partition coefficient (Wildman–Crippen LogP) is 1.11. The number of aliphatic hydroxyl groups excluding tert-OH is 1. The average Bonchev–Trinajstić information content (AvgIpc) is 2.21. The number of nitro groups is 1. The maximum Gasteiger partial charge on any atom is 0.294 e. The van der Waals surface area contributed by atoms with E-state index in [1.165, 1.54) is 0 Å². The van der Waals surface area contributed by atoms with Gasteiger partial charge in [0.25, 0.3) is 5.69 Å². The van der Waals surface area contributed by atoms with Crippen LogP contribution in [0.2, 0.25) is 0 Å². The van der Waals surface area contributed by atoms with Gasteiger partial charge in [0, 0.05) is 18.2 Å². The van der Waals surface area contributed by atoms with Crippen LogP contribution in [0, 0.1) is 15.9 Å². The van der Waals surface area contributed by atoms with E-state index in [9.17, 15) is 14.5 Å². The summed E-state index contributed by atoms with van der Waals surface area (Å²) in [6, 6.07) is 1.49. The molecule has 7 heteroatoms. The van der Waals surface area contributed by atoms with E-state index in [1.54, 1.807) is 6.92 Å². The highest BCUT2D eigenvalue weighted by molar-refractivity contribution is 5.66. The van der Waals surface area contributed by atoms with Crippen molar-refractivity contribution in [1.29, 1.82) is 0 Å². The molecular weight excluding hydrogens is 217 g/mol. The van der Waals surface area contributed by atoms with Crippen molar-refractivity contribution in [3.63, 3.8) is 0 Å². The van der Waals surface area contributed by atoms with Crippen LogP contribution in [0.25, 0.3) is 0 Å². The molecule has 1 aromatic rings. The van der Waals surface area contributed by atoms with Gasteiger partial charge < -0.3 is 16.2 Å². The molecule has 0 spiro atoms. The first-order valence-corrected chi connectivity index (χ1v) is 4.56. The number of nitrogens with zero attached hydrogens (tertiary/aromatic N) is 1. The topological polar surface area (TPSA) is 101 Å². The van der Waals surface area contributed by atoms with Crippen molar-refractivity contribution >= 4 is 17.1 Å². The lowest BCUT2D eigenvalue weighted by Crippen LogP contribution is -2.20. The molecule has 0 saturated heterocycles. The van der Waals surface area contributed by atoms with Crippen molar-refractivity contribution in [3.8, 4) is 0 Å². The number of halogens is 1. The molecule has 0 aromatic heterocycles. The zero-order chi connectivity index (χ0) is 12.3. The molecule has 0 heterocycles. The largest absolute Gasteiger partial charge is 0.394 e. The fourth-order valence-corrected chi connectivity index (χ4v) is 1.16. The summed E-state index contributed by atoms with van der Waals surface area (Å²) in [7, 11) is 0. The molecule has 1 atom stereocenters. The number of hydrogen-bond donors (Lipinski definition) is 3. The van der Waals surface area contributed by atoms with Crippen LogP contribution in [-0.4, -0.2) is 22.7 Å². The summed E-state index contributed by atoms with van der Waals surface area (Å²) in [5, 5.41) is 21.9. The summed E-state index contributed by atoms with van der Waals surface area (Å²) in [6.07, 6.45) is 0. The van der Waals surface area contributed by atoms with Crippen molar-refractivity contribution in [2.45, 2.75) is 13.0 Å². The van der Waals surface area contributed by atoms with Crippen molar-refractivity contribution in [2.75, 3.05) is 17.7 Å². The number of benzene rings is 1. The van der Waals surface area contributed by atoms with E-state index in [-0.39, 0.29) is 23.7 Å². The fraction of sp³-hybridized carbons (Fsp3) is 0.333. The molecule has 0 amide bonds. The Kier molecular flexibility index (Phi) is 3.62. The molecule has 0 bridgehead atoms. The molecule has 0 aliphatic rings. The lowest BCUT2D eigenvalue weighted by atomic mass is 10.2. The van der Waals surface area contributed by atoms with Crippen molar-refractivity contribution in [1.82, 2.24) is 0 Å². The van der Waals surface area contributed by atoms with Crippen LogP contribution in [0.15, 0.2) is 12.1 Å². The van der Waals surface area contributed by atoms with Gasteiger partial charge in [-0.1, -0.05) is 0 Å². The minimum absolute atomic E-state index is 0.0533. The van der Waals surface area contributed by atoms with Gasteiger partial charge in [-0.3, -0.25) is 10.1 Å². The second kappa shape index (κ2) is 4.75. The summed E-state index contributed by atoms with van der Waals surface area (Å²) in [6.45, 7) is 1.40. The third kappa shape index (κ3) is 2.57. The molecule has 16 heavy (non-hydrogen) atoms. The second-order valence-corrected chi connectivity index (χ2v) is 3.38. The monoisotopic (exact) mass is 229 g/mol. The van der Waals surface area contributed by atoms with Gasteiger partial charge in [0.05, 0.1) is 17.2 Å². The Hall–Kier alpha value is -1.89. The van der Waals surface area contributed by atoms with Gasteiger partial charge in [-0.25, -0.2) is 4.39 Å². The first-order valence-electron chi connectivity index (χ1n) is 4.56. The summed E-state index contributed by atoms with van der Waals surface area (Å²) >= 11 is 0. The fourth-order valence-electron chi connectivity index (χ4n) is 1.16. The second-order valence-electron chi connectivity index (χ2n) is 3.38. The minimum Gasteiger partial charge on any atom is -0.394 e. The summed E-state index contributed by atoms with van der Waals surface area (Å²) in [5.41, 5.74) is 4.64. The van der Waals surface area contributed by atoms with Gasteiger partial charge >= 0.3 is 0 Å². The number of aliphatic hydroxyl groups is 1. The first kappa shape index (κ1) is 12.2. The molecule has 0 saturated carbocycles. The molecule has 0 aliphatic carbocycles. The van der Waals surface area contributed by atoms with E-state index in [0.29, 0.717) is 0 Å². The SMILES string of the molecule is CC(CO)Nc1cc([N+](=O)[O-])c(N)cc1F. The van der Waals surface area contributed by atoms with Gasteiger partial charge in [0.1, 0.15) is 11.5 Å². The van der Waals surface area contributed by atoms with E-state index in [4.69, 9.17) is 10.8 Å². The highest BCUT2D eigenvalue weighted by atomic mass is 19.1. The summed E-state index contributed by atoms with van der Waals surface area (Å²) < 4.78 is 13.3. The first-order chi connectivity index (χ1) is 7.45. The van der Waals surface area contributed by atoms with Crippen molar-refractivity contribution in [3.05, 3.63) is 28.1 Å². The number of nitro benzene ring substituents is 1. The molecule has 4 N–H and O–H groups in total. The zero-order valence-electron chi connectivity index (χ0n) is 8.61. The third-order valence-electron chi connectivity index (χ3n) is 1.99. The number of anilines is 2. The number of nitrogens with one attached hydrogen (secondary N) is 1. The van der Waals surface area contributed by atoms with E-state index < -0.39 is 16.8 Å². The van der Waals surface area contributed by atoms with Gasteiger partial charge in [-0.05, 0) is 6.92 Å². The Morgan fingerprint density at radius 1 is 1.69 bits per heavy atom. The van der Waals surface area contributed by atoms with E-state index >= 15 is 0 Å². The Morgan fingerprint density at radius 3 is 2.81 bits per heavy atom. The maximum atomic E-state index is 13.3. The molecule has 0 fully saturated rings. The standard InChI is InChI=1S/C9H12FN3O3/c1-5(4-14)12-8-3-9(13(15)16)7(11)2-6(8)10/h2-3,5,12,14H,4,11H2,1H3. The number of nitrogen functional groups attached to an aromatic ring is 1. The number of rotatable bonds is 4. The van der Waals surface area contributed by atoms with Crippen LogP contribution in [0.3, 0.4) is 0 Å². The summed E-state index contributed by atoms with van der Waals surface area (Å²) in [4.78, 5) is 9.88. The molecule has 0 radical (unpaired) electrons. The molecule has 0 aliphatic heterocycles. The zero-order valence-corrected chi connectivity index (χ0v) is 8.61. The van der Waals surface area contributed by atoms with Gasteiger partial charge in [-0.15, -0.1) is 0 Å². The highest BCUT2D eigenvalue weighted by Gasteiger charge is 2.17. The normalized spacial score (nSPS) is 12.2. The Morgan fingerprint density at radius 2 is 2.31 bits per heavy atom. The van der Waals surface area contributed by atoms with Crippen LogP contribution in [0.5, 0.6) is 0 Å². The van der Waals surface area contributed by atoms with Crippen LogP contribution >= 0.6 is 0 Å². The maximum absolute atomic E-state index is 13.3. The molecule has 6 nitrogen and oxygen atoms in total. The van der Waals surface area contributed by atoms with Crippen LogP contribution in [0.1, 0.15) is 6.92 Å². The molecule has 1 aromatic carbocycles. The third-order valence-corrected chi connectivity index (χ3v) is 1.99. The van der Waals surface area contributed by atoms with E-state index in [0.717, 1.165) is 12.1 Å². The Balaban J connectivity index is 3.09. The Labute approximate surface area is 91.0 Å².